The average molecular weight is 435 g/mol. The fourth-order valence-electron chi connectivity index (χ4n) is 3.98. The molecule has 0 amide bonds. The Balaban J connectivity index is 2.59. The molecule has 0 saturated heterocycles. The van der Waals surface area contributed by atoms with Gasteiger partial charge in [-0.25, -0.2) is 0 Å². The third-order valence-electron chi connectivity index (χ3n) is 5.77. The third kappa shape index (κ3) is 8.06. The van der Waals surface area contributed by atoms with E-state index in [9.17, 15) is 15.0 Å². The van der Waals surface area contributed by atoms with Crippen molar-refractivity contribution in [2.24, 2.45) is 11.8 Å². The lowest BCUT2D eigenvalue weighted by Gasteiger charge is -2.30. The summed E-state index contributed by atoms with van der Waals surface area (Å²) in [5.41, 5.74) is 0. The van der Waals surface area contributed by atoms with Gasteiger partial charge in [0.1, 0.15) is 0 Å². The van der Waals surface area contributed by atoms with Crippen molar-refractivity contribution in [1.82, 2.24) is 0 Å². The quantitative estimate of drug-likeness (QED) is 0.209. The van der Waals surface area contributed by atoms with Crippen LogP contribution in [-0.4, -0.2) is 43.7 Å². The summed E-state index contributed by atoms with van der Waals surface area (Å²) in [7, 11) is 0. The van der Waals surface area contributed by atoms with Crippen LogP contribution in [0, 0.1) is 11.8 Å². The molecule has 0 aromatic carbocycles. The van der Waals surface area contributed by atoms with Crippen LogP contribution in [0.15, 0.2) is 24.3 Å². The highest BCUT2D eigenvalue weighted by Crippen LogP contribution is 2.40. The topological polar surface area (TPSA) is 77.8 Å². The first-order valence-electron chi connectivity index (χ1n) is 10.5. The van der Waals surface area contributed by atoms with E-state index in [2.05, 4.69) is 6.92 Å². The van der Waals surface area contributed by atoms with Gasteiger partial charge in [0, 0.05) is 17.7 Å². The molecule has 1 rings (SSSR count). The van der Waals surface area contributed by atoms with E-state index in [0.29, 0.717) is 25.7 Å². The van der Waals surface area contributed by atoms with Crippen molar-refractivity contribution in [3.8, 4) is 0 Å². The number of allylic oxidation sites excluding steroid dienone is 2. The third-order valence-corrected chi connectivity index (χ3v) is 6.98. The first kappa shape index (κ1) is 25.5. The number of halogens is 2. The molecule has 6 atom stereocenters. The molecule has 0 unspecified atom stereocenters. The lowest BCUT2D eigenvalue weighted by molar-refractivity contribution is -0.137. The fourth-order valence-corrected chi connectivity index (χ4v) is 4.71. The van der Waals surface area contributed by atoms with Crippen LogP contribution in [0.4, 0.5) is 0 Å². The molecule has 0 aromatic rings. The Kier molecular flexibility index (Phi) is 11.7. The molecule has 162 valence electrons. The molecule has 0 radical (unpaired) electrons. The minimum absolute atomic E-state index is 0.0455. The van der Waals surface area contributed by atoms with Crippen LogP contribution in [0.2, 0.25) is 0 Å². The summed E-state index contributed by atoms with van der Waals surface area (Å²) in [6.07, 6.45) is 12.6. The van der Waals surface area contributed by atoms with Crippen LogP contribution in [0.3, 0.4) is 0 Å². The number of rotatable bonds is 13. The molecule has 0 spiro atoms. The number of aliphatic hydroxyl groups excluding tert-OH is 2. The van der Waals surface area contributed by atoms with E-state index in [4.69, 9.17) is 28.3 Å². The summed E-state index contributed by atoms with van der Waals surface area (Å²) in [6, 6.07) is 0. The van der Waals surface area contributed by atoms with Gasteiger partial charge in [-0.15, -0.1) is 23.2 Å². The van der Waals surface area contributed by atoms with E-state index in [1.807, 2.05) is 31.2 Å². The lowest BCUT2D eigenvalue weighted by Crippen LogP contribution is -2.35. The van der Waals surface area contributed by atoms with Gasteiger partial charge in [0.2, 0.25) is 0 Å². The Morgan fingerprint density at radius 1 is 1.29 bits per heavy atom. The SMILES string of the molecule is CCC[C@@](Cl)(CC)[C@@H](O)C/C=C/[C@@H]1[C@@H](C/C=C/CCCC(=O)O)[C@H](Cl)C[C@H]1O. The second-order valence-electron chi connectivity index (χ2n) is 7.87. The van der Waals surface area contributed by atoms with Gasteiger partial charge in [-0.1, -0.05) is 44.6 Å². The van der Waals surface area contributed by atoms with E-state index in [1.54, 1.807) is 0 Å². The van der Waals surface area contributed by atoms with Crippen molar-refractivity contribution in [3.63, 3.8) is 0 Å². The van der Waals surface area contributed by atoms with Crippen LogP contribution < -0.4 is 0 Å². The maximum absolute atomic E-state index is 10.5. The molecule has 6 heteroatoms. The zero-order valence-electron chi connectivity index (χ0n) is 17.1. The highest BCUT2D eigenvalue weighted by molar-refractivity contribution is 6.24. The number of carbonyl (C=O) groups is 1. The molecule has 0 aliphatic heterocycles. The zero-order chi connectivity index (χ0) is 21.2. The van der Waals surface area contributed by atoms with E-state index >= 15 is 0 Å². The normalized spacial score (nSPS) is 28.8. The van der Waals surface area contributed by atoms with Crippen LogP contribution >= 0.6 is 23.2 Å². The van der Waals surface area contributed by atoms with E-state index in [-0.39, 0.29) is 23.6 Å². The van der Waals surface area contributed by atoms with Gasteiger partial charge in [-0.2, -0.15) is 0 Å². The first-order chi connectivity index (χ1) is 13.2. The van der Waals surface area contributed by atoms with Crippen molar-refractivity contribution in [2.45, 2.75) is 94.1 Å². The van der Waals surface area contributed by atoms with Crippen molar-refractivity contribution >= 4 is 29.2 Å². The Morgan fingerprint density at radius 3 is 2.61 bits per heavy atom. The predicted octanol–water partition coefficient (Wildman–Crippen LogP) is 5.29. The monoisotopic (exact) mass is 434 g/mol. The van der Waals surface area contributed by atoms with Gasteiger partial charge < -0.3 is 15.3 Å². The number of carboxylic acid groups (broad SMARTS) is 1. The van der Waals surface area contributed by atoms with Gasteiger partial charge in [-0.3, -0.25) is 4.79 Å². The molecule has 0 heterocycles. The minimum atomic E-state index is -0.775. The van der Waals surface area contributed by atoms with Crippen molar-refractivity contribution in [3.05, 3.63) is 24.3 Å². The lowest BCUT2D eigenvalue weighted by atomic mass is 9.88. The molecular formula is C22H36Cl2O4. The highest BCUT2D eigenvalue weighted by Gasteiger charge is 2.39. The van der Waals surface area contributed by atoms with Crippen LogP contribution in [0.25, 0.3) is 0 Å². The first-order valence-corrected chi connectivity index (χ1v) is 11.3. The summed E-state index contributed by atoms with van der Waals surface area (Å²) in [4.78, 5) is 9.93. The molecule has 1 fully saturated rings. The van der Waals surface area contributed by atoms with E-state index in [1.165, 1.54) is 0 Å². The Labute approximate surface area is 179 Å². The van der Waals surface area contributed by atoms with Crippen LogP contribution in [0.1, 0.15) is 71.6 Å². The minimum Gasteiger partial charge on any atom is -0.481 e. The van der Waals surface area contributed by atoms with Crippen LogP contribution in [-0.2, 0) is 4.79 Å². The molecule has 4 nitrogen and oxygen atoms in total. The van der Waals surface area contributed by atoms with E-state index in [0.717, 1.165) is 25.7 Å². The second-order valence-corrected chi connectivity index (χ2v) is 9.18. The summed E-state index contributed by atoms with van der Waals surface area (Å²) in [5, 5.41) is 29.4. The van der Waals surface area contributed by atoms with Gasteiger partial charge >= 0.3 is 5.97 Å². The number of alkyl halides is 2. The molecule has 1 saturated carbocycles. The van der Waals surface area contributed by atoms with Gasteiger partial charge in [0.25, 0.3) is 0 Å². The zero-order valence-corrected chi connectivity index (χ0v) is 18.6. The number of aliphatic carboxylic acids is 1. The number of hydrogen-bond donors (Lipinski definition) is 3. The highest BCUT2D eigenvalue weighted by atomic mass is 35.5. The van der Waals surface area contributed by atoms with E-state index < -0.39 is 23.1 Å². The Morgan fingerprint density at radius 2 is 2.00 bits per heavy atom. The van der Waals surface area contributed by atoms with Crippen molar-refractivity contribution in [2.75, 3.05) is 0 Å². The second kappa shape index (κ2) is 12.9. The number of carboxylic acids is 1. The smallest absolute Gasteiger partial charge is 0.303 e. The average Bonchev–Trinajstić information content (AvgIpc) is 2.90. The molecule has 0 bridgehead atoms. The summed E-state index contributed by atoms with van der Waals surface area (Å²) in [5.74, 6) is -0.692. The Bertz CT molecular complexity index is 523. The molecule has 28 heavy (non-hydrogen) atoms. The molecule has 1 aliphatic carbocycles. The molecular weight excluding hydrogens is 399 g/mol. The Hall–Kier alpha value is -0.550. The standard InChI is InChI=1S/C22H36Cl2O4/c1-3-14-22(24,4-2)20(26)12-9-11-17-16(18(23)15-19(17)25)10-7-5-6-8-13-21(27)28/h5,7,9,11,16-20,25-26H,3-4,6,8,10,12-15H2,1-2H3,(H,27,28)/b7-5+,11-9+/t16-,17-,18-,19-,20+,22+/m1/s1. The largest absolute Gasteiger partial charge is 0.481 e. The van der Waals surface area contributed by atoms with Gasteiger partial charge in [0.15, 0.2) is 0 Å². The number of aliphatic hydroxyl groups is 2. The number of hydrogen-bond acceptors (Lipinski definition) is 3. The van der Waals surface area contributed by atoms with Gasteiger partial charge in [0.05, 0.1) is 17.1 Å². The summed E-state index contributed by atoms with van der Waals surface area (Å²) in [6.45, 7) is 4.05. The van der Waals surface area contributed by atoms with Crippen LogP contribution in [0.5, 0.6) is 0 Å². The maximum atomic E-state index is 10.5. The maximum Gasteiger partial charge on any atom is 0.303 e. The fraction of sp³-hybridized carbons (Fsp3) is 0.773. The summed E-state index contributed by atoms with van der Waals surface area (Å²) >= 11 is 13.0. The van der Waals surface area contributed by atoms with Gasteiger partial charge in [-0.05, 0) is 50.9 Å². The molecule has 0 aromatic heterocycles. The summed E-state index contributed by atoms with van der Waals surface area (Å²) < 4.78 is 0. The van der Waals surface area contributed by atoms with Crippen molar-refractivity contribution in [1.29, 1.82) is 0 Å². The molecule has 1 aliphatic rings. The van der Waals surface area contributed by atoms with Crippen molar-refractivity contribution < 1.29 is 20.1 Å². The predicted molar refractivity (Wildman–Crippen MR) is 116 cm³/mol. The number of unbranched alkanes of at least 4 members (excludes halogenated alkanes) is 1. The molecule has 3 N–H and O–H groups in total.